The van der Waals surface area contributed by atoms with Crippen molar-refractivity contribution in [2.45, 2.75) is 50.5 Å². The van der Waals surface area contributed by atoms with Gasteiger partial charge in [-0.25, -0.2) is 4.79 Å². The van der Waals surface area contributed by atoms with Gasteiger partial charge in [-0.05, 0) is 36.1 Å². The average Bonchev–Trinajstić information content (AvgIpc) is 3.21. The molecular formula is C23H26F3N3O2. The largest absolute Gasteiger partial charge is 0.416 e. The van der Waals surface area contributed by atoms with E-state index in [1.807, 2.05) is 30.3 Å². The number of carbonyl (C=O) groups excluding carboxylic acids is 2. The topological polar surface area (TPSA) is 61.4 Å². The highest BCUT2D eigenvalue weighted by atomic mass is 19.4. The van der Waals surface area contributed by atoms with Crippen molar-refractivity contribution >= 4 is 11.9 Å². The van der Waals surface area contributed by atoms with Crippen LogP contribution >= 0.6 is 0 Å². The quantitative estimate of drug-likeness (QED) is 0.706. The normalized spacial score (nSPS) is 15.4. The number of nitrogens with zero attached hydrogens (tertiary/aromatic N) is 1. The lowest BCUT2D eigenvalue weighted by Gasteiger charge is -2.33. The fourth-order valence-electron chi connectivity index (χ4n) is 3.92. The third-order valence-corrected chi connectivity index (χ3v) is 5.56. The molecule has 3 amide bonds. The number of carbonyl (C=O) groups is 2. The summed E-state index contributed by atoms with van der Waals surface area (Å²) in [7, 11) is 1.60. The highest BCUT2D eigenvalue weighted by Gasteiger charge is 2.44. The zero-order chi connectivity index (χ0) is 22.5. The zero-order valence-electron chi connectivity index (χ0n) is 17.3. The fraction of sp³-hybridized carbons (Fsp3) is 0.391. The first-order chi connectivity index (χ1) is 14.7. The van der Waals surface area contributed by atoms with Crippen molar-refractivity contribution in [3.63, 3.8) is 0 Å². The highest BCUT2D eigenvalue weighted by molar-refractivity contribution is 5.91. The van der Waals surface area contributed by atoms with Crippen LogP contribution in [0.5, 0.6) is 0 Å². The second kappa shape index (κ2) is 9.41. The monoisotopic (exact) mass is 433 g/mol. The summed E-state index contributed by atoms with van der Waals surface area (Å²) in [4.78, 5) is 27.2. The van der Waals surface area contributed by atoms with Crippen LogP contribution in [0.1, 0.15) is 42.4 Å². The molecule has 1 aliphatic carbocycles. The summed E-state index contributed by atoms with van der Waals surface area (Å²) >= 11 is 0. The smallest absolute Gasteiger partial charge is 0.339 e. The molecule has 0 bridgehead atoms. The number of urea groups is 1. The summed E-state index contributed by atoms with van der Waals surface area (Å²) < 4.78 is 38.2. The van der Waals surface area contributed by atoms with Gasteiger partial charge in [-0.15, -0.1) is 0 Å². The van der Waals surface area contributed by atoms with Gasteiger partial charge in [0.25, 0.3) is 0 Å². The molecule has 1 fully saturated rings. The Morgan fingerprint density at radius 3 is 2.16 bits per heavy atom. The van der Waals surface area contributed by atoms with Gasteiger partial charge in [0.1, 0.15) is 5.54 Å². The van der Waals surface area contributed by atoms with E-state index in [4.69, 9.17) is 0 Å². The number of benzene rings is 2. The summed E-state index contributed by atoms with van der Waals surface area (Å²) in [5.74, 6) is -0.236. The van der Waals surface area contributed by atoms with E-state index >= 15 is 0 Å². The molecule has 166 valence electrons. The summed E-state index contributed by atoms with van der Waals surface area (Å²) in [5, 5.41) is 5.66. The standard InChI is InChI=1S/C23H26F3N3O2/c1-29(16-18-9-11-19(12-10-18)23(24,25)26)20(30)22(13-5-6-14-22)28-21(31)27-15-17-7-3-2-4-8-17/h2-4,7-12H,5-6,13-16H2,1H3,(H2,27,28,31). The molecule has 0 aliphatic heterocycles. The van der Waals surface area contributed by atoms with Gasteiger partial charge < -0.3 is 15.5 Å². The third-order valence-electron chi connectivity index (χ3n) is 5.56. The maximum Gasteiger partial charge on any atom is 0.416 e. The van der Waals surface area contributed by atoms with Crippen LogP contribution in [0.25, 0.3) is 0 Å². The van der Waals surface area contributed by atoms with Crippen molar-refractivity contribution in [1.82, 2.24) is 15.5 Å². The fourth-order valence-corrected chi connectivity index (χ4v) is 3.92. The molecule has 5 nitrogen and oxygen atoms in total. The number of nitrogens with one attached hydrogen (secondary N) is 2. The van der Waals surface area contributed by atoms with Gasteiger partial charge in [0.2, 0.25) is 5.91 Å². The van der Waals surface area contributed by atoms with E-state index in [2.05, 4.69) is 10.6 Å². The number of halogens is 3. The third kappa shape index (κ3) is 5.77. The molecule has 3 rings (SSSR count). The molecule has 1 aliphatic rings. The minimum absolute atomic E-state index is 0.159. The second-order valence-corrected chi connectivity index (χ2v) is 7.94. The lowest BCUT2D eigenvalue weighted by molar-refractivity contribution is -0.138. The van der Waals surface area contributed by atoms with Gasteiger partial charge in [0.05, 0.1) is 5.56 Å². The Bertz CT molecular complexity index is 893. The molecule has 2 N–H and O–H groups in total. The maximum absolute atomic E-state index is 13.2. The molecule has 0 unspecified atom stereocenters. The average molecular weight is 433 g/mol. The van der Waals surface area contributed by atoms with E-state index < -0.39 is 23.3 Å². The SMILES string of the molecule is CN(Cc1ccc(C(F)(F)F)cc1)C(=O)C1(NC(=O)NCc2ccccc2)CCCC1. The predicted molar refractivity (Wildman–Crippen MR) is 111 cm³/mol. The van der Waals surface area contributed by atoms with Gasteiger partial charge in [-0.1, -0.05) is 55.3 Å². The number of hydrogen-bond acceptors (Lipinski definition) is 2. The Balaban J connectivity index is 1.62. The lowest BCUT2D eigenvalue weighted by Crippen LogP contribution is -2.59. The first-order valence-corrected chi connectivity index (χ1v) is 10.2. The molecule has 8 heteroatoms. The van der Waals surface area contributed by atoms with Gasteiger partial charge in [0, 0.05) is 20.1 Å². The van der Waals surface area contributed by atoms with Crippen LogP contribution in [0.3, 0.4) is 0 Å². The van der Waals surface area contributed by atoms with Crippen molar-refractivity contribution in [2.24, 2.45) is 0 Å². The van der Waals surface area contributed by atoms with Crippen LogP contribution in [-0.2, 0) is 24.1 Å². The lowest BCUT2D eigenvalue weighted by atomic mass is 9.95. The number of alkyl halides is 3. The van der Waals surface area contributed by atoms with Crippen LogP contribution in [0.15, 0.2) is 54.6 Å². The molecule has 0 atom stereocenters. The van der Waals surface area contributed by atoms with Crippen LogP contribution < -0.4 is 10.6 Å². The summed E-state index contributed by atoms with van der Waals surface area (Å²) in [6, 6.07) is 13.8. The Labute approximate surface area is 179 Å². The van der Waals surface area contributed by atoms with E-state index in [1.54, 1.807) is 7.05 Å². The number of amides is 3. The highest BCUT2D eigenvalue weighted by Crippen LogP contribution is 2.32. The second-order valence-electron chi connectivity index (χ2n) is 7.94. The van der Waals surface area contributed by atoms with Crippen molar-refractivity contribution in [3.05, 3.63) is 71.3 Å². The Hall–Kier alpha value is -3.03. The van der Waals surface area contributed by atoms with Crippen LogP contribution in [-0.4, -0.2) is 29.4 Å². The van der Waals surface area contributed by atoms with E-state index in [1.165, 1.54) is 17.0 Å². The first kappa shape index (κ1) is 22.7. The molecule has 2 aromatic rings. The minimum atomic E-state index is -4.40. The van der Waals surface area contributed by atoms with Gasteiger partial charge in [-0.2, -0.15) is 13.2 Å². The number of hydrogen-bond donors (Lipinski definition) is 2. The molecule has 1 saturated carbocycles. The Kier molecular flexibility index (Phi) is 6.87. The van der Waals surface area contributed by atoms with Crippen molar-refractivity contribution in [1.29, 1.82) is 0 Å². The molecule has 0 spiro atoms. The molecule has 0 aromatic heterocycles. The predicted octanol–water partition coefficient (Wildman–Crippen LogP) is 4.48. The number of likely N-dealkylation sites (N-methyl/N-ethyl adjacent to an activating group) is 1. The summed E-state index contributed by atoms with van der Waals surface area (Å²) in [6.45, 7) is 0.504. The van der Waals surface area contributed by atoms with Crippen molar-refractivity contribution in [3.8, 4) is 0 Å². The van der Waals surface area contributed by atoms with Crippen LogP contribution in [0.4, 0.5) is 18.0 Å². The Morgan fingerprint density at radius 1 is 0.968 bits per heavy atom. The van der Waals surface area contributed by atoms with Gasteiger partial charge in [0.15, 0.2) is 0 Å². The molecule has 31 heavy (non-hydrogen) atoms. The van der Waals surface area contributed by atoms with Crippen molar-refractivity contribution in [2.75, 3.05) is 7.05 Å². The zero-order valence-corrected chi connectivity index (χ0v) is 17.3. The maximum atomic E-state index is 13.2. The summed E-state index contributed by atoms with van der Waals surface area (Å²) in [5.41, 5.74) is -0.190. The van der Waals surface area contributed by atoms with E-state index in [9.17, 15) is 22.8 Å². The molecule has 2 aromatic carbocycles. The summed E-state index contributed by atoms with van der Waals surface area (Å²) in [6.07, 6.45) is -1.70. The molecule has 0 radical (unpaired) electrons. The molecule has 0 heterocycles. The molecule has 0 saturated heterocycles. The van der Waals surface area contributed by atoms with Gasteiger partial charge >= 0.3 is 12.2 Å². The van der Waals surface area contributed by atoms with Gasteiger partial charge in [-0.3, -0.25) is 4.79 Å². The van der Waals surface area contributed by atoms with Crippen LogP contribution in [0.2, 0.25) is 0 Å². The minimum Gasteiger partial charge on any atom is -0.339 e. The number of rotatable bonds is 6. The van der Waals surface area contributed by atoms with E-state index in [0.717, 1.165) is 30.5 Å². The Morgan fingerprint density at radius 2 is 1.58 bits per heavy atom. The molecular weight excluding hydrogens is 407 g/mol. The van der Waals surface area contributed by atoms with Crippen LogP contribution in [0, 0.1) is 0 Å². The first-order valence-electron chi connectivity index (χ1n) is 10.2. The van der Waals surface area contributed by atoms with Crippen molar-refractivity contribution < 1.29 is 22.8 Å². The van der Waals surface area contributed by atoms with E-state index in [0.29, 0.717) is 24.9 Å². The van der Waals surface area contributed by atoms with E-state index in [-0.39, 0.29) is 12.5 Å².